The second-order valence-electron chi connectivity index (χ2n) is 6.29. The van der Waals surface area contributed by atoms with Crippen molar-refractivity contribution in [1.29, 1.82) is 0 Å². The summed E-state index contributed by atoms with van der Waals surface area (Å²) >= 11 is 0. The molecule has 0 unspecified atom stereocenters. The summed E-state index contributed by atoms with van der Waals surface area (Å²) in [6.45, 7) is 3.68. The lowest BCUT2D eigenvalue weighted by atomic mass is 10.1. The zero-order valence-corrected chi connectivity index (χ0v) is 16.1. The summed E-state index contributed by atoms with van der Waals surface area (Å²) in [5.74, 6) is -1.51. The number of hydrogen-bond acceptors (Lipinski definition) is 7. The average Bonchev–Trinajstić information content (AvgIpc) is 2.73. The average molecular weight is 397 g/mol. The molecule has 7 heteroatoms. The van der Waals surface area contributed by atoms with E-state index in [2.05, 4.69) is 11.3 Å². The summed E-state index contributed by atoms with van der Waals surface area (Å²) < 4.78 is 14.9. The van der Waals surface area contributed by atoms with Gasteiger partial charge in [0.1, 0.15) is 18.4 Å². The minimum Gasteiger partial charge on any atom is -0.469 e. The van der Waals surface area contributed by atoms with E-state index in [1.165, 1.54) is 7.11 Å². The fourth-order valence-electron chi connectivity index (χ4n) is 2.36. The zero-order chi connectivity index (χ0) is 21.2. The van der Waals surface area contributed by atoms with E-state index in [9.17, 15) is 14.4 Å². The van der Waals surface area contributed by atoms with Crippen LogP contribution < -0.4 is 10.5 Å². The third-order valence-electron chi connectivity index (χ3n) is 3.99. The van der Waals surface area contributed by atoms with E-state index in [4.69, 9.17) is 15.2 Å². The number of ether oxygens (including phenoxy) is 3. The summed E-state index contributed by atoms with van der Waals surface area (Å²) in [5, 5.41) is 0. The number of rotatable bonds is 9. The van der Waals surface area contributed by atoms with Gasteiger partial charge in [-0.15, -0.1) is 0 Å². The Morgan fingerprint density at radius 3 is 2.28 bits per heavy atom. The summed E-state index contributed by atoms with van der Waals surface area (Å²) in [5.41, 5.74) is 7.57. The second-order valence-corrected chi connectivity index (χ2v) is 6.29. The van der Waals surface area contributed by atoms with Gasteiger partial charge in [-0.2, -0.15) is 0 Å². The van der Waals surface area contributed by atoms with Crippen molar-refractivity contribution in [2.24, 2.45) is 5.73 Å². The molecule has 7 nitrogen and oxygen atoms in total. The van der Waals surface area contributed by atoms with Gasteiger partial charge in [0.2, 0.25) is 0 Å². The zero-order valence-electron chi connectivity index (χ0n) is 16.1. The number of methoxy groups -OCH3 is 1. The summed E-state index contributed by atoms with van der Waals surface area (Å²) in [7, 11) is 1.22. The Morgan fingerprint density at radius 2 is 1.66 bits per heavy atom. The van der Waals surface area contributed by atoms with Gasteiger partial charge in [-0.05, 0) is 29.7 Å². The molecule has 0 spiro atoms. The molecule has 0 bridgehead atoms. The smallest absolute Gasteiger partial charge is 0.339 e. The van der Waals surface area contributed by atoms with E-state index < -0.39 is 23.9 Å². The lowest BCUT2D eigenvalue weighted by Gasteiger charge is -2.12. The molecule has 0 heterocycles. The van der Waals surface area contributed by atoms with Gasteiger partial charge in [-0.3, -0.25) is 9.59 Å². The second kappa shape index (κ2) is 10.8. The van der Waals surface area contributed by atoms with E-state index in [1.54, 1.807) is 24.3 Å². The first-order valence-electron chi connectivity index (χ1n) is 8.91. The van der Waals surface area contributed by atoms with Gasteiger partial charge in [-0.1, -0.05) is 49.0 Å². The largest absolute Gasteiger partial charge is 0.469 e. The van der Waals surface area contributed by atoms with Crippen molar-refractivity contribution >= 4 is 17.9 Å². The number of carbonyl (C=O) groups excluding carboxylic acids is 3. The van der Waals surface area contributed by atoms with Crippen LogP contribution in [0.3, 0.4) is 0 Å². The van der Waals surface area contributed by atoms with Crippen molar-refractivity contribution in [2.75, 3.05) is 7.11 Å². The van der Waals surface area contributed by atoms with E-state index in [1.807, 2.05) is 30.3 Å². The minimum absolute atomic E-state index is 0.0101. The van der Waals surface area contributed by atoms with Crippen LogP contribution in [0, 0.1) is 0 Å². The molecule has 2 aromatic carbocycles. The van der Waals surface area contributed by atoms with Crippen LogP contribution in [0.25, 0.3) is 0 Å². The third kappa shape index (κ3) is 7.23. The van der Waals surface area contributed by atoms with Crippen LogP contribution in [-0.4, -0.2) is 31.1 Å². The van der Waals surface area contributed by atoms with Gasteiger partial charge < -0.3 is 19.9 Å². The van der Waals surface area contributed by atoms with Crippen molar-refractivity contribution in [3.8, 4) is 5.75 Å². The molecule has 0 aliphatic carbocycles. The van der Waals surface area contributed by atoms with Crippen LogP contribution in [-0.2, 0) is 36.9 Å². The maximum atomic E-state index is 12.1. The fourth-order valence-corrected chi connectivity index (χ4v) is 2.36. The summed E-state index contributed by atoms with van der Waals surface area (Å²) in [6, 6.07) is 15.0. The highest BCUT2D eigenvalue weighted by atomic mass is 16.5. The molecular weight excluding hydrogens is 374 g/mol. The Balaban J connectivity index is 1.83. The molecular formula is C22H23NO6. The first-order valence-corrected chi connectivity index (χ1v) is 8.91. The van der Waals surface area contributed by atoms with Crippen molar-refractivity contribution in [2.45, 2.75) is 25.5 Å². The molecule has 2 aromatic rings. The van der Waals surface area contributed by atoms with Crippen LogP contribution in [0.4, 0.5) is 0 Å². The lowest BCUT2D eigenvalue weighted by Crippen LogP contribution is -2.34. The monoisotopic (exact) mass is 397 g/mol. The number of benzene rings is 2. The predicted octanol–water partition coefficient (Wildman–Crippen LogP) is 2.32. The SMILES string of the molecule is C=C(CC(=O)OC)C(=O)Oc1ccc(C[C@H](N)C(=O)OCc2ccccc2)cc1. The van der Waals surface area contributed by atoms with Gasteiger partial charge in [-0.25, -0.2) is 4.79 Å². The number of esters is 3. The Bertz CT molecular complexity index is 861. The van der Waals surface area contributed by atoms with Gasteiger partial charge in [0, 0.05) is 5.57 Å². The summed E-state index contributed by atoms with van der Waals surface area (Å²) in [4.78, 5) is 35.1. The first-order chi connectivity index (χ1) is 13.9. The number of carbonyl (C=O) groups is 3. The van der Waals surface area contributed by atoms with Gasteiger partial charge >= 0.3 is 17.9 Å². The van der Waals surface area contributed by atoms with E-state index >= 15 is 0 Å². The molecule has 0 aliphatic rings. The minimum atomic E-state index is -0.813. The molecule has 2 rings (SSSR count). The normalized spacial score (nSPS) is 11.2. The molecule has 29 heavy (non-hydrogen) atoms. The third-order valence-corrected chi connectivity index (χ3v) is 3.99. The van der Waals surface area contributed by atoms with Crippen molar-refractivity contribution < 1.29 is 28.6 Å². The van der Waals surface area contributed by atoms with Gasteiger partial charge in [0.05, 0.1) is 13.5 Å². The highest BCUT2D eigenvalue weighted by molar-refractivity contribution is 5.94. The van der Waals surface area contributed by atoms with Crippen LogP contribution in [0.2, 0.25) is 0 Å². The Morgan fingerprint density at radius 1 is 1.00 bits per heavy atom. The molecule has 0 fully saturated rings. The maximum absolute atomic E-state index is 12.1. The van der Waals surface area contributed by atoms with Crippen LogP contribution in [0.1, 0.15) is 17.5 Å². The molecule has 0 amide bonds. The van der Waals surface area contributed by atoms with Crippen molar-refractivity contribution in [3.63, 3.8) is 0 Å². The Hall–Kier alpha value is -3.45. The molecule has 0 aliphatic heterocycles. The highest BCUT2D eigenvalue weighted by Gasteiger charge is 2.17. The van der Waals surface area contributed by atoms with E-state index in [0.717, 1.165) is 11.1 Å². The molecule has 1 atom stereocenters. The van der Waals surface area contributed by atoms with Crippen LogP contribution in [0.5, 0.6) is 5.75 Å². The van der Waals surface area contributed by atoms with Crippen molar-refractivity contribution in [1.82, 2.24) is 0 Å². The quantitative estimate of drug-likeness (QED) is 0.393. The van der Waals surface area contributed by atoms with E-state index in [0.29, 0.717) is 0 Å². The molecule has 0 saturated carbocycles. The number of hydrogen-bond donors (Lipinski definition) is 1. The Labute approximate surface area is 169 Å². The molecule has 0 aromatic heterocycles. The maximum Gasteiger partial charge on any atom is 0.339 e. The summed E-state index contributed by atoms with van der Waals surface area (Å²) in [6.07, 6.45) is 0.0320. The van der Waals surface area contributed by atoms with Crippen molar-refractivity contribution in [3.05, 3.63) is 77.9 Å². The molecule has 152 valence electrons. The standard InChI is InChI=1S/C22H23NO6/c1-15(12-20(24)27-2)21(25)29-18-10-8-16(9-11-18)13-19(23)22(26)28-14-17-6-4-3-5-7-17/h3-11,19H,1,12-14,23H2,2H3/t19-/m0/s1. The molecule has 2 N–H and O–H groups in total. The van der Waals surface area contributed by atoms with Gasteiger partial charge in [0.15, 0.2) is 0 Å². The van der Waals surface area contributed by atoms with Crippen LogP contribution >= 0.6 is 0 Å². The lowest BCUT2D eigenvalue weighted by molar-refractivity contribution is -0.146. The molecule has 0 saturated heterocycles. The van der Waals surface area contributed by atoms with E-state index in [-0.39, 0.29) is 30.8 Å². The topological polar surface area (TPSA) is 105 Å². The first kappa shape index (κ1) is 21.8. The Kier molecular flexibility index (Phi) is 8.12. The number of nitrogens with two attached hydrogens (primary N) is 1. The van der Waals surface area contributed by atoms with Gasteiger partial charge in [0.25, 0.3) is 0 Å². The van der Waals surface area contributed by atoms with Crippen LogP contribution in [0.15, 0.2) is 66.7 Å². The predicted molar refractivity (Wildman–Crippen MR) is 106 cm³/mol. The highest BCUT2D eigenvalue weighted by Crippen LogP contribution is 2.16. The fraction of sp³-hybridized carbons (Fsp3) is 0.227. The molecule has 0 radical (unpaired) electrons.